The lowest BCUT2D eigenvalue weighted by molar-refractivity contribution is -0.162. The van der Waals surface area contributed by atoms with Crippen LogP contribution in [0.2, 0.25) is 0 Å². The van der Waals surface area contributed by atoms with Gasteiger partial charge in [0.25, 0.3) is 5.91 Å². The van der Waals surface area contributed by atoms with Crippen LogP contribution in [0.15, 0.2) is 10.6 Å². The van der Waals surface area contributed by atoms with Crippen molar-refractivity contribution in [2.24, 2.45) is 0 Å². The van der Waals surface area contributed by atoms with Crippen LogP contribution in [0, 0.1) is 0 Å². The van der Waals surface area contributed by atoms with Crippen molar-refractivity contribution in [3.05, 3.63) is 17.5 Å². The minimum absolute atomic E-state index is 0.0155. The molecule has 0 unspecified atom stereocenters. The van der Waals surface area contributed by atoms with Crippen molar-refractivity contribution >= 4 is 11.9 Å². The van der Waals surface area contributed by atoms with Gasteiger partial charge >= 0.3 is 5.97 Å². The fourth-order valence-corrected chi connectivity index (χ4v) is 2.74. The number of carboxylic acids is 1. The summed E-state index contributed by atoms with van der Waals surface area (Å²) in [5.74, 6) is -1.11. The summed E-state index contributed by atoms with van der Waals surface area (Å²) in [5, 5.41) is 22.8. The van der Waals surface area contributed by atoms with Crippen molar-refractivity contribution in [1.82, 2.24) is 10.1 Å². The molecule has 1 aromatic heterocycles. The van der Waals surface area contributed by atoms with E-state index in [1.165, 1.54) is 4.90 Å². The molecule has 0 saturated carbocycles. The number of hydrogen-bond acceptors (Lipinski definition) is 5. The van der Waals surface area contributed by atoms with Gasteiger partial charge in [-0.25, -0.2) is 4.79 Å². The molecule has 1 fully saturated rings. The van der Waals surface area contributed by atoms with Gasteiger partial charge in [0, 0.05) is 37.9 Å². The van der Waals surface area contributed by atoms with Gasteiger partial charge in [-0.1, -0.05) is 19.0 Å². The van der Waals surface area contributed by atoms with Crippen LogP contribution >= 0.6 is 0 Å². The number of likely N-dealkylation sites (tertiary alicyclic amines) is 1. The number of carbonyl (C=O) groups excluding carboxylic acids is 1. The molecule has 0 aliphatic carbocycles. The number of nitrogens with zero attached hydrogens (tertiary/aromatic N) is 2. The molecular formula is C15H22N2O5. The van der Waals surface area contributed by atoms with Crippen LogP contribution in [-0.2, 0) is 4.79 Å². The fraction of sp³-hybridized carbons (Fsp3) is 0.667. The zero-order valence-electron chi connectivity index (χ0n) is 12.9. The summed E-state index contributed by atoms with van der Waals surface area (Å²) in [6.07, 6.45) is 1.88. The standard InChI is InChI=1S/C15H22N2O5/c1-3-10(4-2)11-9-12(22-16-11)13(18)17-7-5-15(21,6-8-17)14(19)20/h9-10,21H,3-8H2,1-2H3,(H,19,20). The summed E-state index contributed by atoms with van der Waals surface area (Å²) in [5.41, 5.74) is -0.966. The van der Waals surface area contributed by atoms with E-state index in [9.17, 15) is 14.7 Å². The maximum absolute atomic E-state index is 12.4. The van der Waals surface area contributed by atoms with E-state index in [0.29, 0.717) is 0 Å². The Morgan fingerprint density at radius 3 is 2.45 bits per heavy atom. The number of rotatable bonds is 5. The van der Waals surface area contributed by atoms with Gasteiger partial charge in [0.15, 0.2) is 5.60 Å². The smallest absolute Gasteiger partial charge is 0.335 e. The Hall–Kier alpha value is -1.89. The quantitative estimate of drug-likeness (QED) is 0.856. The minimum Gasteiger partial charge on any atom is -0.479 e. The topological polar surface area (TPSA) is 104 Å². The van der Waals surface area contributed by atoms with Crippen molar-refractivity contribution in [2.45, 2.75) is 51.0 Å². The SMILES string of the molecule is CCC(CC)c1cc(C(=O)N2CCC(O)(C(=O)O)CC2)on1. The monoisotopic (exact) mass is 310 g/mol. The van der Waals surface area contributed by atoms with Gasteiger partial charge in [0.05, 0.1) is 5.69 Å². The van der Waals surface area contributed by atoms with Crippen LogP contribution < -0.4 is 0 Å². The van der Waals surface area contributed by atoms with Crippen molar-refractivity contribution in [1.29, 1.82) is 0 Å². The van der Waals surface area contributed by atoms with Crippen LogP contribution in [0.1, 0.15) is 61.7 Å². The third kappa shape index (κ3) is 3.14. The number of aliphatic hydroxyl groups is 1. The normalized spacial score (nSPS) is 17.7. The summed E-state index contributed by atoms with van der Waals surface area (Å²) in [7, 11) is 0. The highest BCUT2D eigenvalue weighted by Crippen LogP contribution is 2.26. The largest absolute Gasteiger partial charge is 0.479 e. The van der Waals surface area contributed by atoms with E-state index in [4.69, 9.17) is 9.63 Å². The van der Waals surface area contributed by atoms with E-state index >= 15 is 0 Å². The molecule has 0 radical (unpaired) electrons. The number of carboxylic acid groups (broad SMARTS) is 1. The Balaban J connectivity index is 2.03. The summed E-state index contributed by atoms with van der Waals surface area (Å²) in [6, 6.07) is 1.66. The zero-order valence-corrected chi connectivity index (χ0v) is 12.9. The van der Waals surface area contributed by atoms with Crippen molar-refractivity contribution in [3.8, 4) is 0 Å². The molecule has 1 aromatic rings. The molecule has 2 N–H and O–H groups in total. The molecule has 1 aliphatic rings. The van der Waals surface area contributed by atoms with Crippen LogP contribution in [0.25, 0.3) is 0 Å². The molecule has 122 valence electrons. The predicted octanol–water partition coefficient (Wildman–Crippen LogP) is 1.63. The first-order valence-electron chi connectivity index (χ1n) is 7.63. The van der Waals surface area contributed by atoms with Crippen LogP contribution in [0.3, 0.4) is 0 Å². The molecule has 0 bridgehead atoms. The third-order valence-corrected chi connectivity index (χ3v) is 4.42. The number of aromatic nitrogens is 1. The Morgan fingerprint density at radius 1 is 1.36 bits per heavy atom. The first kappa shape index (κ1) is 16.5. The van der Waals surface area contributed by atoms with Crippen LogP contribution in [0.5, 0.6) is 0 Å². The van der Waals surface area contributed by atoms with Crippen LogP contribution in [-0.4, -0.2) is 50.8 Å². The Morgan fingerprint density at radius 2 is 1.95 bits per heavy atom. The highest BCUT2D eigenvalue weighted by Gasteiger charge is 2.41. The molecule has 7 heteroatoms. The molecule has 1 aliphatic heterocycles. The van der Waals surface area contributed by atoms with Gasteiger partial charge in [-0.2, -0.15) is 0 Å². The number of hydrogen-bond donors (Lipinski definition) is 2. The minimum atomic E-state index is -1.74. The van der Waals surface area contributed by atoms with Crippen molar-refractivity contribution in [2.75, 3.05) is 13.1 Å². The molecule has 2 rings (SSSR count). The molecule has 7 nitrogen and oxygen atoms in total. The van der Waals surface area contributed by atoms with E-state index in [0.717, 1.165) is 18.5 Å². The lowest BCUT2D eigenvalue weighted by Crippen LogP contribution is -2.50. The highest BCUT2D eigenvalue weighted by molar-refractivity contribution is 5.91. The predicted molar refractivity (Wildman–Crippen MR) is 77.5 cm³/mol. The molecule has 0 atom stereocenters. The Labute approximate surface area is 128 Å². The summed E-state index contributed by atoms with van der Waals surface area (Å²) < 4.78 is 5.14. The van der Waals surface area contributed by atoms with Crippen molar-refractivity contribution < 1.29 is 24.3 Å². The van der Waals surface area contributed by atoms with Gasteiger partial charge in [-0.05, 0) is 12.8 Å². The second-order valence-electron chi connectivity index (χ2n) is 5.76. The van der Waals surface area contributed by atoms with Gasteiger partial charge < -0.3 is 19.6 Å². The third-order valence-electron chi connectivity index (χ3n) is 4.42. The van der Waals surface area contributed by atoms with E-state index in [2.05, 4.69) is 19.0 Å². The van der Waals surface area contributed by atoms with Crippen molar-refractivity contribution in [3.63, 3.8) is 0 Å². The van der Waals surface area contributed by atoms with E-state index in [1.807, 2.05) is 0 Å². The maximum Gasteiger partial charge on any atom is 0.335 e. The molecule has 2 heterocycles. The van der Waals surface area contributed by atoms with E-state index < -0.39 is 11.6 Å². The number of piperidine rings is 1. The first-order valence-corrected chi connectivity index (χ1v) is 7.63. The molecule has 1 amide bonds. The maximum atomic E-state index is 12.4. The molecule has 22 heavy (non-hydrogen) atoms. The van der Waals surface area contributed by atoms with Gasteiger partial charge in [0.1, 0.15) is 0 Å². The number of aliphatic carboxylic acids is 1. The number of carbonyl (C=O) groups is 2. The Bertz CT molecular complexity index is 542. The Kier molecular flexibility index (Phi) is 4.85. The van der Waals surface area contributed by atoms with Gasteiger partial charge in [-0.3, -0.25) is 4.79 Å². The van der Waals surface area contributed by atoms with E-state index in [-0.39, 0.29) is 43.5 Å². The van der Waals surface area contributed by atoms with Gasteiger partial charge in [-0.15, -0.1) is 0 Å². The average Bonchev–Trinajstić information content (AvgIpc) is 2.98. The highest BCUT2D eigenvalue weighted by atomic mass is 16.5. The number of amides is 1. The second kappa shape index (κ2) is 6.48. The van der Waals surface area contributed by atoms with Crippen LogP contribution in [0.4, 0.5) is 0 Å². The molecule has 0 spiro atoms. The lowest BCUT2D eigenvalue weighted by Gasteiger charge is -2.34. The molecular weight excluding hydrogens is 288 g/mol. The van der Waals surface area contributed by atoms with E-state index in [1.54, 1.807) is 6.07 Å². The fourth-order valence-electron chi connectivity index (χ4n) is 2.74. The second-order valence-corrected chi connectivity index (χ2v) is 5.76. The summed E-state index contributed by atoms with van der Waals surface area (Å²) in [6.45, 7) is 4.48. The molecule has 1 saturated heterocycles. The average molecular weight is 310 g/mol. The van der Waals surface area contributed by atoms with Gasteiger partial charge in [0.2, 0.25) is 5.76 Å². The zero-order chi connectivity index (χ0) is 16.3. The lowest BCUT2D eigenvalue weighted by atomic mass is 9.91. The molecule has 0 aromatic carbocycles. The summed E-state index contributed by atoms with van der Waals surface area (Å²) >= 11 is 0. The summed E-state index contributed by atoms with van der Waals surface area (Å²) in [4.78, 5) is 24.8. The first-order chi connectivity index (χ1) is 10.4.